The largest absolute Gasteiger partial charge is 0.351 e. The third kappa shape index (κ3) is 4.84. The molecule has 1 N–H and O–H groups in total. The summed E-state index contributed by atoms with van der Waals surface area (Å²) in [5.41, 5.74) is -0.681. The van der Waals surface area contributed by atoms with E-state index in [2.05, 4.69) is 37.2 Å². The third-order valence-corrected chi connectivity index (χ3v) is 3.59. The minimum Gasteiger partial charge on any atom is -0.351 e. The van der Waals surface area contributed by atoms with Crippen molar-refractivity contribution in [2.24, 2.45) is 5.41 Å². The molecule has 106 valence electrons. The summed E-state index contributed by atoms with van der Waals surface area (Å²) in [6.07, 6.45) is 0.846. The van der Waals surface area contributed by atoms with E-state index >= 15 is 0 Å². The van der Waals surface area contributed by atoms with E-state index in [9.17, 15) is 13.6 Å². The van der Waals surface area contributed by atoms with Gasteiger partial charge in [0, 0.05) is 16.3 Å². The summed E-state index contributed by atoms with van der Waals surface area (Å²) in [6.45, 7) is 4.30. The van der Waals surface area contributed by atoms with E-state index in [0.717, 1.165) is 23.9 Å². The lowest BCUT2D eigenvalue weighted by molar-refractivity contribution is 0.0927. The molecule has 0 radical (unpaired) electrons. The van der Waals surface area contributed by atoms with Gasteiger partial charge in [0.15, 0.2) is 0 Å². The zero-order chi connectivity index (χ0) is 14.6. The Morgan fingerprint density at radius 3 is 2.32 bits per heavy atom. The average molecular weight is 399 g/mol. The molecule has 0 aliphatic rings. The molecule has 0 heterocycles. The number of halogens is 4. The van der Waals surface area contributed by atoms with Gasteiger partial charge in [-0.25, -0.2) is 8.78 Å². The van der Waals surface area contributed by atoms with Gasteiger partial charge in [-0.15, -0.1) is 0 Å². The standard InChI is InChI=1S/C13H15Br2F2NO/c1-13(2,3-4-14)7-18-12(19)11-9(16)5-8(15)6-10(11)17/h5-6H,3-4,7H2,1-2H3,(H,18,19). The van der Waals surface area contributed by atoms with Crippen molar-refractivity contribution in [1.29, 1.82) is 0 Å². The van der Waals surface area contributed by atoms with Crippen molar-refractivity contribution >= 4 is 37.8 Å². The highest BCUT2D eigenvalue weighted by atomic mass is 79.9. The van der Waals surface area contributed by atoms with Crippen LogP contribution in [-0.4, -0.2) is 17.8 Å². The Balaban J connectivity index is 2.80. The third-order valence-electron chi connectivity index (χ3n) is 2.73. The van der Waals surface area contributed by atoms with Crippen molar-refractivity contribution in [3.05, 3.63) is 33.8 Å². The minimum atomic E-state index is -0.873. The highest BCUT2D eigenvalue weighted by Gasteiger charge is 2.22. The lowest BCUT2D eigenvalue weighted by Gasteiger charge is -2.24. The van der Waals surface area contributed by atoms with Crippen molar-refractivity contribution < 1.29 is 13.6 Å². The Morgan fingerprint density at radius 1 is 1.32 bits per heavy atom. The van der Waals surface area contributed by atoms with Crippen LogP contribution in [0, 0.1) is 17.0 Å². The Morgan fingerprint density at radius 2 is 1.84 bits per heavy atom. The summed E-state index contributed by atoms with van der Waals surface area (Å²) in [7, 11) is 0. The molecule has 0 aliphatic heterocycles. The molecule has 6 heteroatoms. The van der Waals surface area contributed by atoms with Gasteiger partial charge in [-0.2, -0.15) is 0 Å². The van der Waals surface area contributed by atoms with E-state index in [1.807, 2.05) is 13.8 Å². The number of nitrogens with one attached hydrogen (secondary N) is 1. The Kier molecular flexibility index (Phi) is 5.92. The summed E-state index contributed by atoms with van der Waals surface area (Å²) in [5.74, 6) is -2.48. The number of carbonyl (C=O) groups excluding carboxylic acids is 1. The first-order valence-electron chi connectivity index (χ1n) is 5.75. The van der Waals surface area contributed by atoms with Crippen molar-refractivity contribution in [3.63, 3.8) is 0 Å². The fourth-order valence-electron chi connectivity index (χ4n) is 1.51. The maximum absolute atomic E-state index is 13.6. The molecular formula is C13H15Br2F2NO. The van der Waals surface area contributed by atoms with Crippen LogP contribution in [0.25, 0.3) is 0 Å². The maximum atomic E-state index is 13.6. The van der Waals surface area contributed by atoms with E-state index in [1.54, 1.807) is 0 Å². The molecule has 0 atom stereocenters. The number of benzene rings is 1. The van der Waals surface area contributed by atoms with Crippen molar-refractivity contribution in [2.75, 3.05) is 11.9 Å². The van der Waals surface area contributed by atoms with Gasteiger partial charge in [-0.3, -0.25) is 4.79 Å². The van der Waals surface area contributed by atoms with Crippen molar-refractivity contribution in [1.82, 2.24) is 5.32 Å². The van der Waals surface area contributed by atoms with Crippen LogP contribution in [0.2, 0.25) is 0 Å². The molecule has 0 bridgehead atoms. The van der Waals surface area contributed by atoms with Crippen LogP contribution in [0.5, 0.6) is 0 Å². The van der Waals surface area contributed by atoms with Crippen LogP contribution in [-0.2, 0) is 0 Å². The van der Waals surface area contributed by atoms with Gasteiger partial charge in [-0.1, -0.05) is 45.7 Å². The van der Waals surface area contributed by atoms with Gasteiger partial charge in [0.2, 0.25) is 0 Å². The molecule has 1 rings (SSSR count). The summed E-state index contributed by atoms with van der Waals surface area (Å²) in [5, 5.41) is 3.37. The summed E-state index contributed by atoms with van der Waals surface area (Å²) >= 11 is 6.30. The molecular weight excluding hydrogens is 384 g/mol. The second kappa shape index (κ2) is 6.79. The SMILES string of the molecule is CC(C)(CCBr)CNC(=O)c1c(F)cc(Br)cc1F. The molecule has 1 amide bonds. The molecule has 0 aromatic heterocycles. The van der Waals surface area contributed by atoms with E-state index in [0.29, 0.717) is 6.54 Å². The van der Waals surface area contributed by atoms with Crippen LogP contribution >= 0.6 is 31.9 Å². The monoisotopic (exact) mass is 397 g/mol. The van der Waals surface area contributed by atoms with Gasteiger partial charge >= 0.3 is 0 Å². The maximum Gasteiger partial charge on any atom is 0.257 e. The van der Waals surface area contributed by atoms with Gasteiger partial charge in [0.25, 0.3) is 5.91 Å². The zero-order valence-corrected chi connectivity index (χ0v) is 13.9. The topological polar surface area (TPSA) is 29.1 Å². The molecule has 0 saturated carbocycles. The minimum absolute atomic E-state index is 0.137. The molecule has 0 saturated heterocycles. The molecule has 0 fully saturated rings. The van der Waals surface area contributed by atoms with Crippen LogP contribution in [0.1, 0.15) is 30.6 Å². The molecule has 1 aromatic carbocycles. The van der Waals surface area contributed by atoms with Crippen LogP contribution in [0.3, 0.4) is 0 Å². The number of carbonyl (C=O) groups is 1. The van der Waals surface area contributed by atoms with Crippen LogP contribution < -0.4 is 5.32 Å². The van der Waals surface area contributed by atoms with Crippen molar-refractivity contribution in [3.8, 4) is 0 Å². The Bertz CT molecular complexity index is 455. The highest BCUT2D eigenvalue weighted by Crippen LogP contribution is 2.22. The first kappa shape index (κ1) is 16.6. The fraction of sp³-hybridized carbons (Fsp3) is 0.462. The van der Waals surface area contributed by atoms with E-state index < -0.39 is 23.1 Å². The Hall–Kier alpha value is -0.490. The number of amides is 1. The summed E-state index contributed by atoms with van der Waals surface area (Å²) < 4.78 is 27.4. The quantitative estimate of drug-likeness (QED) is 0.737. The van der Waals surface area contributed by atoms with Crippen LogP contribution in [0.15, 0.2) is 16.6 Å². The fourth-order valence-corrected chi connectivity index (χ4v) is 2.99. The van der Waals surface area contributed by atoms with Crippen molar-refractivity contribution in [2.45, 2.75) is 20.3 Å². The number of hydrogen-bond acceptors (Lipinski definition) is 1. The second-order valence-corrected chi connectivity index (χ2v) is 6.74. The predicted octanol–water partition coefficient (Wildman–Crippen LogP) is 4.27. The van der Waals surface area contributed by atoms with E-state index in [1.165, 1.54) is 0 Å². The molecule has 0 unspecified atom stereocenters. The Labute approximate surface area is 128 Å². The molecule has 0 spiro atoms. The van der Waals surface area contributed by atoms with Gasteiger partial charge in [-0.05, 0) is 24.0 Å². The zero-order valence-electron chi connectivity index (χ0n) is 10.7. The lowest BCUT2D eigenvalue weighted by Crippen LogP contribution is -2.35. The van der Waals surface area contributed by atoms with E-state index in [4.69, 9.17) is 0 Å². The smallest absolute Gasteiger partial charge is 0.257 e. The number of alkyl halides is 1. The van der Waals surface area contributed by atoms with Gasteiger partial charge in [0.05, 0.1) is 0 Å². The van der Waals surface area contributed by atoms with Gasteiger partial charge < -0.3 is 5.32 Å². The average Bonchev–Trinajstić information content (AvgIpc) is 2.25. The second-order valence-electron chi connectivity index (χ2n) is 5.03. The highest BCUT2D eigenvalue weighted by molar-refractivity contribution is 9.10. The van der Waals surface area contributed by atoms with E-state index in [-0.39, 0.29) is 9.89 Å². The summed E-state index contributed by atoms with van der Waals surface area (Å²) in [4.78, 5) is 11.8. The number of rotatable bonds is 5. The predicted molar refractivity (Wildman–Crippen MR) is 78.6 cm³/mol. The molecule has 19 heavy (non-hydrogen) atoms. The lowest BCUT2D eigenvalue weighted by atomic mass is 9.90. The molecule has 2 nitrogen and oxygen atoms in total. The normalized spacial score (nSPS) is 11.5. The number of hydrogen-bond donors (Lipinski definition) is 1. The molecule has 0 aliphatic carbocycles. The first-order valence-corrected chi connectivity index (χ1v) is 7.67. The van der Waals surface area contributed by atoms with Crippen LogP contribution in [0.4, 0.5) is 8.78 Å². The van der Waals surface area contributed by atoms with Gasteiger partial charge in [0.1, 0.15) is 17.2 Å². The first-order chi connectivity index (χ1) is 8.76. The molecule has 1 aromatic rings. The summed E-state index contributed by atoms with van der Waals surface area (Å²) in [6, 6.07) is 2.14.